The molecule has 3 aromatic carbocycles. The predicted molar refractivity (Wildman–Crippen MR) is 153 cm³/mol. The second-order valence-electron chi connectivity index (χ2n) is 9.58. The Bertz CT molecular complexity index is 1630. The molecule has 0 spiro atoms. The van der Waals surface area contributed by atoms with E-state index in [4.69, 9.17) is 33.2 Å². The van der Waals surface area contributed by atoms with E-state index >= 15 is 4.39 Å². The molecule has 0 aliphatic heterocycles. The SMILES string of the molecule is Cc1cc(C(=O)N(CCN(C)C)OC(=O)C(F)(F)F)ccc1NC(=O)Cc1ccc(Cl)c(Oc2cc(Cl)cc(C#N)c2)c1F. The number of ether oxygens (including phenoxy) is 1. The zero-order chi connectivity index (χ0) is 32.8. The molecule has 0 saturated heterocycles. The largest absolute Gasteiger partial charge is 0.493 e. The molecule has 3 rings (SSSR count). The van der Waals surface area contributed by atoms with Crippen molar-refractivity contribution in [3.63, 3.8) is 0 Å². The van der Waals surface area contributed by atoms with Gasteiger partial charge in [0.2, 0.25) is 5.91 Å². The Morgan fingerprint density at radius 2 is 1.73 bits per heavy atom. The third-order valence-corrected chi connectivity index (χ3v) is 6.37. The summed E-state index contributed by atoms with van der Waals surface area (Å²) in [7, 11) is 3.23. The van der Waals surface area contributed by atoms with Gasteiger partial charge in [-0.15, -0.1) is 0 Å². The lowest BCUT2D eigenvalue weighted by atomic mass is 10.1. The molecule has 232 valence electrons. The average molecular weight is 655 g/mol. The number of carbonyl (C=O) groups excluding carboxylic acids is 3. The van der Waals surface area contributed by atoms with Crippen molar-refractivity contribution in [2.75, 3.05) is 32.5 Å². The summed E-state index contributed by atoms with van der Waals surface area (Å²) in [5.41, 5.74) is 0.560. The molecule has 0 bridgehead atoms. The van der Waals surface area contributed by atoms with Crippen LogP contribution in [0.15, 0.2) is 48.5 Å². The number of hydrogen-bond acceptors (Lipinski definition) is 7. The minimum Gasteiger partial charge on any atom is -0.453 e. The fourth-order valence-corrected chi connectivity index (χ4v) is 4.10. The number of nitrogens with zero attached hydrogens (tertiary/aromatic N) is 3. The van der Waals surface area contributed by atoms with Gasteiger partial charge in [-0.1, -0.05) is 29.3 Å². The molecule has 0 aromatic heterocycles. The predicted octanol–water partition coefficient (Wildman–Crippen LogP) is 6.31. The fraction of sp³-hybridized carbons (Fsp3) is 0.241. The third kappa shape index (κ3) is 9.06. The molecule has 0 atom stereocenters. The highest BCUT2D eigenvalue weighted by Crippen LogP contribution is 2.35. The van der Waals surface area contributed by atoms with Crippen LogP contribution in [0.1, 0.15) is 27.0 Å². The molecule has 0 heterocycles. The van der Waals surface area contributed by atoms with Gasteiger partial charge in [0.05, 0.1) is 29.6 Å². The molecule has 0 unspecified atom stereocenters. The Labute approximate surface area is 259 Å². The van der Waals surface area contributed by atoms with Crippen LogP contribution in [0.2, 0.25) is 10.0 Å². The van der Waals surface area contributed by atoms with Crippen molar-refractivity contribution in [2.45, 2.75) is 19.5 Å². The van der Waals surface area contributed by atoms with Gasteiger partial charge >= 0.3 is 12.1 Å². The molecule has 0 aliphatic carbocycles. The molecule has 9 nitrogen and oxygen atoms in total. The first-order valence-corrected chi connectivity index (χ1v) is 13.4. The summed E-state index contributed by atoms with van der Waals surface area (Å²) in [5, 5.41) is 12.1. The van der Waals surface area contributed by atoms with Crippen LogP contribution in [0.5, 0.6) is 11.5 Å². The molecule has 0 aliphatic rings. The number of halogens is 6. The van der Waals surface area contributed by atoms with Crippen LogP contribution in [-0.2, 0) is 20.8 Å². The van der Waals surface area contributed by atoms with Crippen LogP contribution < -0.4 is 10.1 Å². The van der Waals surface area contributed by atoms with E-state index in [1.807, 2.05) is 6.07 Å². The number of rotatable bonds is 9. The van der Waals surface area contributed by atoms with Crippen LogP contribution >= 0.6 is 23.2 Å². The summed E-state index contributed by atoms with van der Waals surface area (Å²) in [4.78, 5) is 43.0. The number of benzene rings is 3. The number of anilines is 1. The van der Waals surface area contributed by atoms with Crippen LogP contribution in [0.25, 0.3) is 0 Å². The zero-order valence-electron chi connectivity index (χ0n) is 23.4. The van der Waals surface area contributed by atoms with Gasteiger partial charge < -0.3 is 19.8 Å². The Morgan fingerprint density at radius 1 is 1.02 bits per heavy atom. The summed E-state index contributed by atoms with van der Waals surface area (Å²) in [5.74, 6) is -5.46. The van der Waals surface area contributed by atoms with Crippen LogP contribution in [-0.4, -0.2) is 61.1 Å². The summed E-state index contributed by atoms with van der Waals surface area (Å²) in [6.07, 6.45) is -5.77. The van der Waals surface area contributed by atoms with E-state index in [9.17, 15) is 27.6 Å². The number of alkyl halides is 3. The summed E-state index contributed by atoms with van der Waals surface area (Å²) < 4.78 is 59.2. The highest BCUT2D eigenvalue weighted by Gasteiger charge is 2.43. The number of hydrogen-bond donors (Lipinski definition) is 1. The molecular formula is C29H24Cl2F4N4O5. The van der Waals surface area contributed by atoms with Crippen molar-refractivity contribution in [3.8, 4) is 17.6 Å². The van der Waals surface area contributed by atoms with Gasteiger partial charge in [0.15, 0.2) is 11.6 Å². The Hall–Kier alpha value is -4.38. The number of nitriles is 1. The summed E-state index contributed by atoms with van der Waals surface area (Å²) in [6.45, 7) is 1.27. The number of nitrogens with one attached hydrogen (secondary N) is 1. The highest BCUT2D eigenvalue weighted by molar-refractivity contribution is 6.32. The quantitative estimate of drug-likeness (QED) is 0.213. The lowest BCUT2D eigenvalue weighted by Crippen LogP contribution is -2.41. The maximum Gasteiger partial charge on any atom is 0.493 e. The topological polar surface area (TPSA) is 112 Å². The van der Waals surface area contributed by atoms with Gasteiger partial charge in [0, 0.05) is 28.4 Å². The molecule has 2 amide bonds. The average Bonchev–Trinajstić information content (AvgIpc) is 2.94. The van der Waals surface area contributed by atoms with Gasteiger partial charge in [-0.3, -0.25) is 9.59 Å². The van der Waals surface area contributed by atoms with Crippen LogP contribution in [0.4, 0.5) is 23.2 Å². The zero-order valence-corrected chi connectivity index (χ0v) is 24.9. The van der Waals surface area contributed by atoms with Crippen LogP contribution in [0, 0.1) is 24.1 Å². The van der Waals surface area contributed by atoms with Gasteiger partial charge in [-0.25, -0.2) is 9.18 Å². The van der Waals surface area contributed by atoms with Crippen molar-refractivity contribution in [1.29, 1.82) is 5.26 Å². The maximum atomic E-state index is 15.3. The van der Waals surface area contributed by atoms with Crippen molar-refractivity contribution in [2.24, 2.45) is 0 Å². The van der Waals surface area contributed by atoms with Gasteiger partial charge in [0.25, 0.3) is 5.91 Å². The van der Waals surface area contributed by atoms with E-state index in [0.717, 1.165) is 0 Å². The molecular weight excluding hydrogens is 631 g/mol. The second-order valence-corrected chi connectivity index (χ2v) is 10.4. The molecule has 3 aromatic rings. The van der Waals surface area contributed by atoms with Gasteiger partial charge in [-0.05, 0) is 69.0 Å². The Morgan fingerprint density at radius 3 is 2.34 bits per heavy atom. The standard InChI is InChI=1S/C29H24Cl2F4N4O5/c1-16-10-19(27(41)39(9-8-38(2)3)44-28(42)29(33,34)35)5-7-23(16)37-24(40)13-18-4-6-22(31)26(25(18)32)43-21-12-17(15-36)11-20(30)14-21/h4-7,10-12,14H,8-9,13H2,1-3H3,(H,37,40). The Kier molecular flexibility index (Phi) is 11.2. The van der Waals surface area contributed by atoms with E-state index in [-0.39, 0.29) is 57.0 Å². The molecule has 15 heteroatoms. The molecule has 44 heavy (non-hydrogen) atoms. The maximum absolute atomic E-state index is 15.3. The second kappa shape index (κ2) is 14.4. The van der Waals surface area contributed by atoms with E-state index in [0.29, 0.717) is 10.6 Å². The number of amides is 2. The first-order chi connectivity index (χ1) is 20.6. The van der Waals surface area contributed by atoms with Crippen LogP contribution in [0.3, 0.4) is 0 Å². The normalized spacial score (nSPS) is 11.1. The van der Waals surface area contributed by atoms with Crippen molar-refractivity contribution >= 4 is 46.7 Å². The summed E-state index contributed by atoms with van der Waals surface area (Å²) >= 11 is 12.1. The fourth-order valence-electron chi connectivity index (χ4n) is 3.69. The lowest BCUT2D eigenvalue weighted by molar-refractivity contribution is -0.228. The lowest BCUT2D eigenvalue weighted by Gasteiger charge is -2.23. The monoisotopic (exact) mass is 654 g/mol. The van der Waals surface area contributed by atoms with Crippen molar-refractivity contribution in [3.05, 3.63) is 86.6 Å². The number of likely N-dealkylation sites (N-methyl/N-ethyl adjacent to an activating group) is 1. The van der Waals surface area contributed by atoms with E-state index < -0.39 is 36.2 Å². The Balaban J connectivity index is 1.76. The van der Waals surface area contributed by atoms with E-state index in [1.54, 1.807) is 19.0 Å². The minimum absolute atomic E-state index is 0.0511. The first kappa shape index (κ1) is 34.1. The number of hydroxylamine groups is 2. The minimum atomic E-state index is -5.31. The molecule has 1 N–H and O–H groups in total. The van der Waals surface area contributed by atoms with Crippen molar-refractivity contribution in [1.82, 2.24) is 9.96 Å². The van der Waals surface area contributed by atoms with E-state index in [2.05, 4.69) is 10.2 Å². The van der Waals surface area contributed by atoms with Gasteiger partial charge in [-0.2, -0.15) is 23.5 Å². The van der Waals surface area contributed by atoms with E-state index in [1.165, 1.54) is 55.5 Å². The highest BCUT2D eigenvalue weighted by atomic mass is 35.5. The molecule has 0 fully saturated rings. The number of carbonyl (C=O) groups is 3. The molecule has 0 radical (unpaired) electrons. The van der Waals surface area contributed by atoms with Crippen molar-refractivity contribution < 1.29 is 41.5 Å². The first-order valence-electron chi connectivity index (χ1n) is 12.6. The third-order valence-electron chi connectivity index (χ3n) is 5.85. The van der Waals surface area contributed by atoms with Gasteiger partial charge in [0.1, 0.15) is 5.75 Å². The summed E-state index contributed by atoms with van der Waals surface area (Å²) in [6, 6.07) is 12.4. The number of aryl methyl sites for hydroxylation is 1. The smallest absolute Gasteiger partial charge is 0.453 e. The molecule has 0 saturated carbocycles.